The summed E-state index contributed by atoms with van der Waals surface area (Å²) in [5.74, 6) is 0.932. The van der Waals surface area contributed by atoms with Crippen molar-refractivity contribution >= 4 is 45.3 Å². The van der Waals surface area contributed by atoms with Crippen LogP contribution in [0.4, 0.5) is 10.8 Å². The number of thiophene rings is 1. The highest BCUT2D eigenvalue weighted by Crippen LogP contribution is 2.30. The Balaban J connectivity index is 1.35. The van der Waals surface area contributed by atoms with Crippen LogP contribution in [0.25, 0.3) is 0 Å². The lowest BCUT2D eigenvalue weighted by Gasteiger charge is -2.25. The normalized spacial score (nSPS) is 13.4. The predicted molar refractivity (Wildman–Crippen MR) is 122 cm³/mol. The molecule has 0 bridgehead atoms. The molecule has 2 amide bonds. The van der Waals surface area contributed by atoms with Crippen LogP contribution < -0.4 is 20.1 Å². The number of nitrogens with one attached hydrogen (secondary N) is 2. The zero-order chi connectivity index (χ0) is 21.8. The summed E-state index contributed by atoms with van der Waals surface area (Å²) in [5.41, 5.74) is 1.59. The maximum absolute atomic E-state index is 12.6. The van der Waals surface area contributed by atoms with Crippen LogP contribution in [0.1, 0.15) is 20.2 Å². The SMILES string of the molecule is COc1ccc(NC(=O)CN2CCc3nc(NC(=O)c4cccs4)sc3C2)c(OC)c1. The van der Waals surface area contributed by atoms with Crippen LogP contribution in [0.2, 0.25) is 0 Å². The number of benzene rings is 1. The van der Waals surface area contributed by atoms with E-state index in [-0.39, 0.29) is 18.4 Å². The van der Waals surface area contributed by atoms with E-state index >= 15 is 0 Å². The Morgan fingerprint density at radius 3 is 2.81 bits per heavy atom. The first-order valence-electron chi connectivity index (χ1n) is 9.63. The summed E-state index contributed by atoms with van der Waals surface area (Å²) in [7, 11) is 3.13. The topological polar surface area (TPSA) is 92.8 Å². The van der Waals surface area contributed by atoms with E-state index in [1.54, 1.807) is 38.5 Å². The third kappa shape index (κ3) is 5.04. The Bertz CT molecular complexity index is 1080. The summed E-state index contributed by atoms with van der Waals surface area (Å²) in [4.78, 5) is 33.2. The van der Waals surface area contributed by atoms with Gasteiger partial charge in [-0.15, -0.1) is 22.7 Å². The first-order chi connectivity index (χ1) is 15.1. The van der Waals surface area contributed by atoms with E-state index < -0.39 is 0 Å². The molecule has 1 aromatic carbocycles. The molecule has 8 nitrogen and oxygen atoms in total. The minimum atomic E-state index is -0.147. The second-order valence-corrected chi connectivity index (χ2v) is 8.93. The molecule has 3 heterocycles. The van der Waals surface area contributed by atoms with Crippen molar-refractivity contribution < 1.29 is 19.1 Å². The van der Waals surface area contributed by atoms with Crippen LogP contribution in [0.5, 0.6) is 11.5 Å². The number of rotatable bonds is 7. The minimum absolute atomic E-state index is 0.123. The van der Waals surface area contributed by atoms with Crippen molar-refractivity contribution in [2.75, 3.05) is 37.9 Å². The monoisotopic (exact) mass is 458 g/mol. The highest BCUT2D eigenvalue weighted by molar-refractivity contribution is 7.16. The molecule has 162 valence electrons. The number of hydrogen-bond donors (Lipinski definition) is 2. The molecule has 0 saturated heterocycles. The van der Waals surface area contributed by atoms with E-state index in [0.717, 1.165) is 23.5 Å². The van der Waals surface area contributed by atoms with Crippen LogP contribution in [-0.4, -0.2) is 49.0 Å². The van der Waals surface area contributed by atoms with Gasteiger partial charge >= 0.3 is 0 Å². The Kier molecular flexibility index (Phi) is 6.50. The highest BCUT2D eigenvalue weighted by Gasteiger charge is 2.23. The molecule has 0 fully saturated rings. The van der Waals surface area contributed by atoms with Gasteiger partial charge in [0.15, 0.2) is 5.13 Å². The molecule has 0 radical (unpaired) electrons. The van der Waals surface area contributed by atoms with Crippen LogP contribution in [0.3, 0.4) is 0 Å². The second kappa shape index (κ2) is 9.46. The molecule has 0 aliphatic carbocycles. The van der Waals surface area contributed by atoms with E-state index in [4.69, 9.17) is 9.47 Å². The third-order valence-electron chi connectivity index (χ3n) is 4.83. The first kappa shape index (κ1) is 21.3. The molecule has 1 aliphatic heterocycles. The largest absolute Gasteiger partial charge is 0.497 e. The lowest BCUT2D eigenvalue weighted by Crippen LogP contribution is -2.36. The van der Waals surface area contributed by atoms with Crippen molar-refractivity contribution in [3.8, 4) is 11.5 Å². The maximum Gasteiger partial charge on any atom is 0.267 e. The Morgan fingerprint density at radius 1 is 1.19 bits per heavy atom. The fraction of sp³-hybridized carbons (Fsp3) is 0.286. The van der Waals surface area contributed by atoms with Crippen molar-refractivity contribution in [3.05, 3.63) is 51.2 Å². The number of ether oxygens (including phenoxy) is 2. The van der Waals surface area contributed by atoms with Crippen molar-refractivity contribution in [2.45, 2.75) is 13.0 Å². The van der Waals surface area contributed by atoms with Gasteiger partial charge in [-0.3, -0.25) is 19.8 Å². The number of methoxy groups -OCH3 is 2. The molecule has 2 N–H and O–H groups in total. The number of nitrogens with zero attached hydrogens (tertiary/aromatic N) is 2. The average Bonchev–Trinajstić information content (AvgIpc) is 3.43. The summed E-state index contributed by atoms with van der Waals surface area (Å²) < 4.78 is 10.5. The van der Waals surface area contributed by atoms with E-state index in [0.29, 0.717) is 33.7 Å². The number of hydrogen-bond acceptors (Lipinski definition) is 8. The molecule has 1 aliphatic rings. The van der Waals surface area contributed by atoms with Gasteiger partial charge in [0.2, 0.25) is 5.91 Å². The number of amides is 2. The fourth-order valence-corrected chi connectivity index (χ4v) is 4.96. The van der Waals surface area contributed by atoms with Gasteiger partial charge in [0.1, 0.15) is 11.5 Å². The maximum atomic E-state index is 12.6. The van der Waals surface area contributed by atoms with Gasteiger partial charge in [-0.25, -0.2) is 4.98 Å². The summed E-state index contributed by atoms with van der Waals surface area (Å²) in [6.45, 7) is 1.60. The lowest BCUT2D eigenvalue weighted by molar-refractivity contribution is -0.117. The molecule has 0 atom stereocenters. The van der Waals surface area contributed by atoms with Gasteiger partial charge in [-0.2, -0.15) is 0 Å². The van der Waals surface area contributed by atoms with Crippen molar-refractivity contribution in [1.29, 1.82) is 0 Å². The number of carbonyl (C=O) groups is 2. The van der Waals surface area contributed by atoms with Gasteiger partial charge in [0, 0.05) is 30.5 Å². The van der Waals surface area contributed by atoms with E-state index in [2.05, 4.69) is 20.5 Å². The van der Waals surface area contributed by atoms with Gasteiger partial charge in [-0.1, -0.05) is 6.07 Å². The van der Waals surface area contributed by atoms with Gasteiger partial charge in [-0.05, 0) is 23.6 Å². The third-order valence-corrected chi connectivity index (χ3v) is 6.69. The van der Waals surface area contributed by atoms with Crippen LogP contribution in [0, 0.1) is 0 Å². The zero-order valence-corrected chi connectivity index (χ0v) is 18.8. The van der Waals surface area contributed by atoms with Gasteiger partial charge in [0.05, 0.1) is 37.0 Å². The molecule has 4 rings (SSSR count). The minimum Gasteiger partial charge on any atom is -0.497 e. The van der Waals surface area contributed by atoms with E-state index in [1.165, 1.54) is 22.7 Å². The van der Waals surface area contributed by atoms with E-state index in [1.807, 2.05) is 11.4 Å². The summed E-state index contributed by atoms with van der Waals surface area (Å²) in [6, 6.07) is 8.89. The first-order valence-corrected chi connectivity index (χ1v) is 11.3. The predicted octanol–water partition coefficient (Wildman–Crippen LogP) is 3.47. The number of fused-ring (bicyclic) bond motifs is 1. The smallest absolute Gasteiger partial charge is 0.267 e. The van der Waals surface area contributed by atoms with Crippen molar-refractivity contribution in [1.82, 2.24) is 9.88 Å². The second-order valence-electron chi connectivity index (χ2n) is 6.90. The molecule has 0 spiro atoms. The molecule has 10 heteroatoms. The molecule has 0 saturated carbocycles. The summed E-state index contributed by atoms with van der Waals surface area (Å²) in [6.07, 6.45) is 0.736. The van der Waals surface area contributed by atoms with Crippen LogP contribution in [-0.2, 0) is 17.8 Å². The van der Waals surface area contributed by atoms with Crippen molar-refractivity contribution in [2.24, 2.45) is 0 Å². The molecular formula is C21H22N4O4S2. The number of carbonyl (C=O) groups excluding carboxylic acids is 2. The molecular weight excluding hydrogens is 436 g/mol. The fourth-order valence-electron chi connectivity index (χ4n) is 3.30. The Morgan fingerprint density at radius 2 is 2.06 bits per heavy atom. The molecule has 3 aromatic rings. The highest BCUT2D eigenvalue weighted by atomic mass is 32.1. The molecule has 0 unspecified atom stereocenters. The number of thiazole rings is 1. The summed E-state index contributed by atoms with van der Waals surface area (Å²) in [5, 5.41) is 8.23. The van der Waals surface area contributed by atoms with E-state index in [9.17, 15) is 9.59 Å². The number of anilines is 2. The Labute approximate surface area is 187 Å². The van der Waals surface area contributed by atoms with Crippen molar-refractivity contribution in [3.63, 3.8) is 0 Å². The quantitative estimate of drug-likeness (QED) is 0.563. The molecule has 2 aromatic heterocycles. The summed E-state index contributed by atoms with van der Waals surface area (Å²) >= 11 is 2.85. The van der Waals surface area contributed by atoms with Gasteiger partial charge < -0.3 is 14.8 Å². The van der Waals surface area contributed by atoms with Gasteiger partial charge in [0.25, 0.3) is 5.91 Å². The average molecular weight is 459 g/mol. The zero-order valence-electron chi connectivity index (χ0n) is 17.1. The standard InChI is InChI=1S/C21H22N4O4S2/c1-28-13-5-6-14(16(10-13)29-2)22-19(26)12-25-8-7-15-18(11-25)31-21(23-15)24-20(27)17-4-3-9-30-17/h3-6,9-10H,7-8,11-12H2,1-2H3,(H,22,26)(H,23,24,27). The Hall–Kier alpha value is -2.95. The molecule has 31 heavy (non-hydrogen) atoms. The lowest BCUT2D eigenvalue weighted by atomic mass is 10.2. The van der Waals surface area contributed by atoms with Crippen LogP contribution in [0.15, 0.2) is 35.7 Å². The van der Waals surface area contributed by atoms with Crippen LogP contribution >= 0.6 is 22.7 Å². The number of aromatic nitrogens is 1.